The van der Waals surface area contributed by atoms with Gasteiger partial charge in [0.25, 0.3) is 0 Å². The van der Waals surface area contributed by atoms with Crippen molar-refractivity contribution in [2.75, 3.05) is 39.4 Å². The van der Waals surface area contributed by atoms with Crippen LogP contribution in [0.5, 0.6) is 11.5 Å². The molecule has 0 aliphatic carbocycles. The Kier molecular flexibility index (Phi) is 6.07. The molecule has 0 bridgehead atoms. The van der Waals surface area contributed by atoms with Gasteiger partial charge in [0.2, 0.25) is 0 Å². The molecule has 0 radical (unpaired) electrons. The van der Waals surface area contributed by atoms with Crippen LogP contribution in [0, 0.1) is 11.7 Å². The number of halogens is 1. The lowest BCUT2D eigenvalue weighted by atomic mass is 9.83. The van der Waals surface area contributed by atoms with Gasteiger partial charge < -0.3 is 14.4 Å². The van der Waals surface area contributed by atoms with E-state index in [0.29, 0.717) is 0 Å². The summed E-state index contributed by atoms with van der Waals surface area (Å²) in [5, 5.41) is 7.18. The quantitative estimate of drug-likeness (QED) is 0.514. The molecule has 0 N–H and O–H groups in total. The number of ether oxygens (including phenoxy) is 2. The van der Waals surface area contributed by atoms with E-state index in [1.165, 1.54) is 17.7 Å². The highest BCUT2D eigenvalue weighted by Crippen LogP contribution is 2.43. The lowest BCUT2D eigenvalue weighted by Crippen LogP contribution is -2.41. The zero-order chi connectivity index (χ0) is 23.7. The van der Waals surface area contributed by atoms with Gasteiger partial charge in [0, 0.05) is 19.0 Å². The van der Waals surface area contributed by atoms with Gasteiger partial charge in [0.1, 0.15) is 17.3 Å². The summed E-state index contributed by atoms with van der Waals surface area (Å²) in [4.78, 5) is 2.34. The first-order valence-electron chi connectivity index (χ1n) is 11.4. The van der Waals surface area contributed by atoms with Crippen molar-refractivity contribution < 1.29 is 13.9 Å². The number of likely N-dealkylation sites (N-methyl/N-ethyl adjacent to an activating group) is 1. The highest BCUT2D eigenvalue weighted by atomic mass is 19.1. The Hall–Kier alpha value is -3.64. The largest absolute Gasteiger partial charge is 0.497 e. The first kappa shape index (κ1) is 22.2. The van der Waals surface area contributed by atoms with Crippen LogP contribution in [0.1, 0.15) is 17.2 Å². The molecular weight excluding hydrogens is 429 g/mol. The minimum atomic E-state index is -0.256. The summed E-state index contributed by atoms with van der Waals surface area (Å²) in [5.74, 6) is 1.56. The molecule has 2 aliphatic heterocycles. The highest BCUT2D eigenvalue weighted by Gasteiger charge is 2.43. The maximum atomic E-state index is 13.7. The molecule has 0 spiro atoms. The second kappa shape index (κ2) is 9.31. The fourth-order valence-corrected chi connectivity index (χ4v) is 4.84. The molecule has 174 valence electrons. The molecule has 2 heterocycles. The number of methoxy groups -OCH3 is 2. The third kappa shape index (κ3) is 4.29. The van der Waals surface area contributed by atoms with Crippen LogP contribution in [0.2, 0.25) is 0 Å². The predicted octanol–water partition coefficient (Wildman–Crippen LogP) is 5.41. The third-order valence-corrected chi connectivity index (χ3v) is 6.49. The third-order valence-electron chi connectivity index (χ3n) is 6.49. The van der Waals surface area contributed by atoms with E-state index < -0.39 is 0 Å². The number of fused-ring (bicyclic) bond motifs is 1. The van der Waals surface area contributed by atoms with E-state index in [1.54, 1.807) is 26.4 Å². The average Bonchev–Trinajstić information content (AvgIpc) is 3.24. The van der Waals surface area contributed by atoms with Crippen molar-refractivity contribution in [2.24, 2.45) is 11.0 Å². The smallest absolute Gasteiger partial charge is 0.123 e. The molecule has 0 amide bonds. The number of hydrogen-bond acceptors (Lipinski definition) is 5. The number of anilines is 1. The molecule has 5 rings (SSSR count). The van der Waals surface area contributed by atoms with Gasteiger partial charge in [-0.25, -0.2) is 4.39 Å². The van der Waals surface area contributed by atoms with E-state index in [-0.39, 0.29) is 17.8 Å². The molecule has 2 aliphatic rings. The number of likely N-dealkylation sites (tertiary alicyclic amines) is 1. The summed E-state index contributed by atoms with van der Waals surface area (Å²) in [7, 11) is 5.48. The number of rotatable bonds is 5. The van der Waals surface area contributed by atoms with Crippen molar-refractivity contribution in [3.05, 3.63) is 95.3 Å². The minimum Gasteiger partial charge on any atom is -0.497 e. The van der Waals surface area contributed by atoms with Crippen molar-refractivity contribution in [1.82, 2.24) is 4.90 Å². The van der Waals surface area contributed by atoms with E-state index in [9.17, 15) is 4.39 Å². The van der Waals surface area contributed by atoms with Gasteiger partial charge >= 0.3 is 0 Å². The van der Waals surface area contributed by atoms with E-state index in [2.05, 4.69) is 42.3 Å². The molecule has 6 heteroatoms. The summed E-state index contributed by atoms with van der Waals surface area (Å²) in [6, 6.07) is 22.8. The van der Waals surface area contributed by atoms with Crippen molar-refractivity contribution >= 4 is 17.5 Å². The van der Waals surface area contributed by atoms with Crippen LogP contribution >= 0.6 is 0 Å². The molecule has 1 saturated heterocycles. The molecule has 2 unspecified atom stereocenters. The highest BCUT2D eigenvalue weighted by molar-refractivity contribution is 6.09. The molecule has 0 aromatic heterocycles. The first-order chi connectivity index (χ1) is 16.6. The van der Waals surface area contributed by atoms with Crippen molar-refractivity contribution in [2.45, 2.75) is 6.04 Å². The van der Waals surface area contributed by atoms with Crippen LogP contribution in [0.15, 0.2) is 83.5 Å². The standard InChI is InChI=1S/C28H28FN3O2/c1-31-17-21(16-19-4-12-24(33-2)13-5-19)27-26(18-31)28(20-6-14-25(34-3)15-7-20)32(30-27)23-10-8-22(29)9-11-23/h4-16,26,28H,17-18H2,1-3H3/b21-16+. The Bertz CT molecular complexity index is 1200. The minimum absolute atomic E-state index is 0.00613. The van der Waals surface area contributed by atoms with Crippen molar-refractivity contribution in [3.8, 4) is 11.5 Å². The molecule has 1 fully saturated rings. The zero-order valence-electron chi connectivity index (χ0n) is 19.6. The van der Waals surface area contributed by atoms with Crippen molar-refractivity contribution in [1.29, 1.82) is 0 Å². The Morgan fingerprint density at radius 1 is 0.882 bits per heavy atom. The van der Waals surface area contributed by atoms with Gasteiger partial charge in [0.15, 0.2) is 0 Å². The fourth-order valence-electron chi connectivity index (χ4n) is 4.84. The predicted molar refractivity (Wildman–Crippen MR) is 134 cm³/mol. The van der Waals surface area contributed by atoms with Gasteiger partial charge in [-0.2, -0.15) is 5.10 Å². The van der Waals surface area contributed by atoms with Crippen LogP contribution in [0.4, 0.5) is 10.1 Å². The van der Waals surface area contributed by atoms with Crippen LogP contribution in [0.3, 0.4) is 0 Å². The van der Waals surface area contributed by atoms with E-state index >= 15 is 0 Å². The lowest BCUT2D eigenvalue weighted by molar-refractivity contribution is 0.303. The van der Waals surface area contributed by atoms with E-state index in [0.717, 1.165) is 47.1 Å². The van der Waals surface area contributed by atoms with Gasteiger partial charge in [-0.15, -0.1) is 0 Å². The lowest BCUT2D eigenvalue weighted by Gasteiger charge is -2.34. The Morgan fingerprint density at radius 2 is 1.50 bits per heavy atom. The second-order valence-electron chi connectivity index (χ2n) is 8.77. The molecule has 34 heavy (non-hydrogen) atoms. The Labute approximate surface area is 199 Å². The Morgan fingerprint density at radius 3 is 2.12 bits per heavy atom. The van der Waals surface area contributed by atoms with Gasteiger partial charge in [-0.1, -0.05) is 24.3 Å². The van der Waals surface area contributed by atoms with Crippen LogP contribution in [-0.2, 0) is 0 Å². The number of hydrazone groups is 1. The van der Waals surface area contributed by atoms with E-state index in [4.69, 9.17) is 14.6 Å². The van der Waals surface area contributed by atoms with Crippen LogP contribution in [-0.4, -0.2) is 45.0 Å². The molecule has 0 saturated carbocycles. The molecule has 3 aromatic carbocycles. The zero-order valence-corrected chi connectivity index (χ0v) is 19.6. The van der Waals surface area contributed by atoms with Crippen LogP contribution < -0.4 is 14.5 Å². The van der Waals surface area contributed by atoms with E-state index in [1.807, 2.05) is 29.3 Å². The summed E-state index contributed by atoms with van der Waals surface area (Å²) in [5.41, 5.74) is 5.39. The normalized spacial score (nSPS) is 21.4. The molecular formula is C28H28FN3O2. The van der Waals surface area contributed by atoms with Gasteiger partial charge in [0.05, 0.1) is 31.7 Å². The number of benzene rings is 3. The SMILES string of the molecule is COc1ccc(/C=C2\CN(C)CC3C2=NN(c2ccc(F)cc2)C3c2ccc(OC)cc2)cc1. The van der Waals surface area contributed by atoms with Gasteiger partial charge in [-0.3, -0.25) is 5.01 Å². The second-order valence-corrected chi connectivity index (χ2v) is 8.77. The summed E-state index contributed by atoms with van der Waals surface area (Å²) in [6.45, 7) is 1.70. The van der Waals surface area contributed by atoms with Crippen LogP contribution in [0.25, 0.3) is 6.08 Å². The molecule has 5 nitrogen and oxygen atoms in total. The topological polar surface area (TPSA) is 37.3 Å². The summed E-state index contributed by atoms with van der Waals surface area (Å²) < 4.78 is 24.4. The van der Waals surface area contributed by atoms with Gasteiger partial charge in [-0.05, 0) is 78.4 Å². The Balaban J connectivity index is 1.58. The fraction of sp³-hybridized carbons (Fsp3) is 0.250. The molecule has 3 aromatic rings. The maximum Gasteiger partial charge on any atom is 0.123 e. The number of nitrogens with zero attached hydrogens (tertiary/aromatic N) is 3. The molecule has 2 atom stereocenters. The number of piperidine rings is 1. The average molecular weight is 458 g/mol. The summed E-state index contributed by atoms with van der Waals surface area (Å²) >= 11 is 0. The first-order valence-corrected chi connectivity index (χ1v) is 11.4. The number of hydrogen-bond donors (Lipinski definition) is 0. The van der Waals surface area contributed by atoms with Crippen molar-refractivity contribution in [3.63, 3.8) is 0 Å². The summed E-state index contributed by atoms with van der Waals surface area (Å²) in [6.07, 6.45) is 2.21. The monoisotopic (exact) mass is 457 g/mol. The maximum absolute atomic E-state index is 13.7.